The first-order valence-electron chi connectivity index (χ1n) is 6.23. The summed E-state index contributed by atoms with van der Waals surface area (Å²) >= 11 is 0. The first-order chi connectivity index (χ1) is 9.15. The molecule has 2 heterocycles. The van der Waals surface area contributed by atoms with E-state index in [1.54, 1.807) is 11.8 Å². The number of anilines is 1. The van der Waals surface area contributed by atoms with Crippen molar-refractivity contribution in [3.05, 3.63) is 46.8 Å². The second-order valence-corrected chi connectivity index (χ2v) is 4.80. The molecule has 0 atom stereocenters. The lowest BCUT2D eigenvalue weighted by atomic mass is 9.98. The number of nitrogens with zero attached hydrogens (tertiary/aromatic N) is 2. The molecule has 0 aliphatic carbocycles. The Morgan fingerprint density at radius 2 is 2.26 bits per heavy atom. The molecule has 0 bridgehead atoms. The van der Waals surface area contributed by atoms with Crippen LogP contribution in [0.3, 0.4) is 0 Å². The molecule has 0 saturated carbocycles. The molecule has 0 saturated heterocycles. The van der Waals surface area contributed by atoms with Crippen molar-refractivity contribution >= 4 is 11.6 Å². The third-order valence-corrected chi connectivity index (χ3v) is 3.51. The van der Waals surface area contributed by atoms with Gasteiger partial charge in [0.2, 0.25) is 0 Å². The molecule has 0 fully saturated rings. The van der Waals surface area contributed by atoms with Gasteiger partial charge in [-0.25, -0.2) is 0 Å². The van der Waals surface area contributed by atoms with Crippen LogP contribution in [-0.2, 0) is 13.0 Å². The van der Waals surface area contributed by atoms with Crippen LogP contribution in [0.25, 0.3) is 0 Å². The van der Waals surface area contributed by atoms with Crippen LogP contribution in [0.15, 0.2) is 28.9 Å². The van der Waals surface area contributed by atoms with Gasteiger partial charge in [-0.05, 0) is 36.6 Å². The molecule has 3 rings (SSSR count). The minimum Gasteiger partial charge on any atom is -0.399 e. The summed E-state index contributed by atoms with van der Waals surface area (Å²) in [7, 11) is 0. The van der Waals surface area contributed by atoms with Gasteiger partial charge in [0.05, 0.1) is 6.20 Å². The molecule has 5 heteroatoms. The number of rotatable bonds is 1. The van der Waals surface area contributed by atoms with Crippen LogP contribution in [0.5, 0.6) is 0 Å². The van der Waals surface area contributed by atoms with Crippen LogP contribution >= 0.6 is 0 Å². The van der Waals surface area contributed by atoms with Gasteiger partial charge in [-0.15, -0.1) is 0 Å². The van der Waals surface area contributed by atoms with Crippen molar-refractivity contribution < 1.29 is 9.32 Å². The van der Waals surface area contributed by atoms with Crippen molar-refractivity contribution in [2.24, 2.45) is 0 Å². The highest BCUT2D eigenvalue weighted by Gasteiger charge is 2.24. The Labute approximate surface area is 111 Å². The summed E-state index contributed by atoms with van der Waals surface area (Å²) < 4.78 is 4.95. The van der Waals surface area contributed by atoms with Crippen LogP contribution in [0.1, 0.15) is 27.2 Å². The lowest BCUT2D eigenvalue weighted by Crippen LogP contribution is -2.36. The van der Waals surface area contributed by atoms with Gasteiger partial charge in [0, 0.05) is 18.8 Å². The molecule has 1 aromatic carbocycles. The normalized spacial score (nSPS) is 14.3. The van der Waals surface area contributed by atoms with Crippen LogP contribution in [-0.4, -0.2) is 22.5 Å². The van der Waals surface area contributed by atoms with E-state index >= 15 is 0 Å². The molecule has 2 aromatic rings. The first kappa shape index (κ1) is 11.8. The fourth-order valence-electron chi connectivity index (χ4n) is 2.42. The summed E-state index contributed by atoms with van der Waals surface area (Å²) in [6.07, 6.45) is 2.33. The average Bonchev–Trinajstić information content (AvgIpc) is 2.83. The van der Waals surface area contributed by atoms with Gasteiger partial charge in [0.15, 0.2) is 0 Å². The van der Waals surface area contributed by atoms with E-state index in [-0.39, 0.29) is 5.91 Å². The second-order valence-electron chi connectivity index (χ2n) is 4.80. The predicted octanol–water partition coefficient (Wildman–Crippen LogP) is 1.76. The summed E-state index contributed by atoms with van der Waals surface area (Å²) in [5.41, 5.74) is 9.44. The van der Waals surface area contributed by atoms with Crippen LogP contribution in [0.2, 0.25) is 0 Å². The minimum atomic E-state index is -0.0353. The van der Waals surface area contributed by atoms with Crippen molar-refractivity contribution in [2.75, 3.05) is 12.3 Å². The third kappa shape index (κ3) is 2.07. The molecule has 1 aliphatic heterocycles. The summed E-state index contributed by atoms with van der Waals surface area (Å²) in [6, 6.07) is 5.88. The fraction of sp³-hybridized carbons (Fsp3) is 0.286. The standard InChI is InChI=1S/C14H15N3O2/c1-9-13(7-16-19-9)14(18)17-5-4-10-2-3-12(15)6-11(10)8-17/h2-3,6-7H,4-5,8,15H2,1H3. The number of nitrogen functional groups attached to an aromatic ring is 1. The number of amides is 1. The molecule has 2 N–H and O–H groups in total. The number of aryl methyl sites for hydroxylation is 1. The van der Waals surface area contributed by atoms with Gasteiger partial charge in [-0.1, -0.05) is 11.2 Å². The van der Waals surface area contributed by atoms with E-state index in [1.807, 2.05) is 18.2 Å². The molecule has 1 aliphatic rings. The Bertz CT molecular complexity index is 633. The monoisotopic (exact) mass is 257 g/mol. The number of fused-ring (bicyclic) bond motifs is 1. The number of hydrogen-bond acceptors (Lipinski definition) is 4. The Balaban J connectivity index is 1.86. The molecule has 1 aromatic heterocycles. The molecular weight excluding hydrogens is 242 g/mol. The lowest BCUT2D eigenvalue weighted by molar-refractivity contribution is 0.0733. The highest BCUT2D eigenvalue weighted by atomic mass is 16.5. The van der Waals surface area contributed by atoms with Gasteiger partial charge in [-0.3, -0.25) is 4.79 Å². The van der Waals surface area contributed by atoms with Gasteiger partial charge >= 0.3 is 0 Å². The predicted molar refractivity (Wildman–Crippen MR) is 70.5 cm³/mol. The second kappa shape index (κ2) is 4.42. The van der Waals surface area contributed by atoms with E-state index in [2.05, 4.69) is 5.16 Å². The summed E-state index contributed by atoms with van der Waals surface area (Å²) in [5, 5.41) is 3.65. The van der Waals surface area contributed by atoms with Gasteiger partial charge in [0.25, 0.3) is 5.91 Å². The maximum absolute atomic E-state index is 12.4. The van der Waals surface area contributed by atoms with E-state index < -0.39 is 0 Å². The highest BCUT2D eigenvalue weighted by molar-refractivity contribution is 5.94. The van der Waals surface area contributed by atoms with E-state index in [9.17, 15) is 4.79 Å². The van der Waals surface area contributed by atoms with Crippen molar-refractivity contribution in [1.29, 1.82) is 0 Å². The Morgan fingerprint density at radius 3 is 3.00 bits per heavy atom. The molecule has 5 nitrogen and oxygen atoms in total. The average molecular weight is 257 g/mol. The highest BCUT2D eigenvalue weighted by Crippen LogP contribution is 2.23. The van der Waals surface area contributed by atoms with Gasteiger partial charge < -0.3 is 15.2 Å². The topological polar surface area (TPSA) is 72.4 Å². The van der Waals surface area contributed by atoms with Gasteiger partial charge in [-0.2, -0.15) is 0 Å². The molecule has 98 valence electrons. The zero-order valence-electron chi connectivity index (χ0n) is 10.7. The Hall–Kier alpha value is -2.30. The number of benzene rings is 1. The van der Waals surface area contributed by atoms with Crippen LogP contribution in [0.4, 0.5) is 5.69 Å². The summed E-state index contributed by atoms with van der Waals surface area (Å²) in [5.74, 6) is 0.523. The number of carbonyl (C=O) groups is 1. The minimum absolute atomic E-state index is 0.0353. The molecule has 0 spiro atoms. The largest absolute Gasteiger partial charge is 0.399 e. The smallest absolute Gasteiger partial charge is 0.259 e. The molecule has 0 radical (unpaired) electrons. The SMILES string of the molecule is Cc1oncc1C(=O)N1CCc2ccc(N)cc2C1. The third-order valence-electron chi connectivity index (χ3n) is 3.51. The number of hydrogen-bond donors (Lipinski definition) is 1. The molecule has 0 unspecified atom stereocenters. The van der Waals surface area contributed by atoms with E-state index in [1.165, 1.54) is 11.8 Å². The Kier molecular flexibility index (Phi) is 2.74. The number of nitrogens with two attached hydrogens (primary N) is 1. The Morgan fingerprint density at radius 1 is 1.42 bits per heavy atom. The molecule has 19 heavy (non-hydrogen) atoms. The van der Waals surface area contributed by atoms with Crippen molar-refractivity contribution in [3.63, 3.8) is 0 Å². The first-order valence-corrected chi connectivity index (χ1v) is 6.23. The quantitative estimate of drug-likeness (QED) is 0.790. The molecule has 1 amide bonds. The summed E-state index contributed by atoms with van der Waals surface area (Å²) in [4.78, 5) is 14.2. The van der Waals surface area contributed by atoms with Gasteiger partial charge in [0.1, 0.15) is 11.3 Å². The van der Waals surface area contributed by atoms with E-state index in [0.29, 0.717) is 24.4 Å². The number of carbonyl (C=O) groups excluding carboxylic acids is 1. The molecular formula is C14H15N3O2. The van der Waals surface area contributed by atoms with E-state index in [4.69, 9.17) is 10.3 Å². The zero-order valence-corrected chi connectivity index (χ0v) is 10.7. The van der Waals surface area contributed by atoms with Crippen molar-refractivity contribution in [1.82, 2.24) is 10.1 Å². The van der Waals surface area contributed by atoms with E-state index in [0.717, 1.165) is 17.7 Å². The maximum atomic E-state index is 12.4. The zero-order chi connectivity index (χ0) is 13.4. The van der Waals surface area contributed by atoms with Crippen LogP contribution < -0.4 is 5.73 Å². The maximum Gasteiger partial charge on any atom is 0.259 e. The van der Waals surface area contributed by atoms with Crippen molar-refractivity contribution in [3.8, 4) is 0 Å². The summed E-state index contributed by atoms with van der Waals surface area (Å²) in [6.45, 7) is 3.04. The fourth-order valence-corrected chi connectivity index (χ4v) is 2.42. The van der Waals surface area contributed by atoms with Crippen LogP contribution in [0, 0.1) is 6.92 Å². The lowest BCUT2D eigenvalue weighted by Gasteiger charge is -2.28. The number of aromatic nitrogens is 1. The van der Waals surface area contributed by atoms with Crippen molar-refractivity contribution in [2.45, 2.75) is 19.9 Å².